The summed E-state index contributed by atoms with van der Waals surface area (Å²) in [6.45, 7) is 1.76. The minimum Gasteiger partial charge on any atom is -0.341 e. The Bertz CT molecular complexity index is 106. The van der Waals surface area contributed by atoms with Gasteiger partial charge in [0.2, 0.25) is 0 Å². The van der Waals surface area contributed by atoms with Crippen molar-refractivity contribution in [3.05, 3.63) is 0 Å². The van der Waals surface area contributed by atoms with Crippen LogP contribution in [0.4, 0.5) is 4.79 Å². The molecule has 0 aromatic heterocycles. The number of hydrogen-bond acceptors (Lipinski definition) is 2. The van der Waals surface area contributed by atoms with Crippen molar-refractivity contribution in [3.8, 4) is 0 Å². The summed E-state index contributed by atoms with van der Waals surface area (Å²) in [4.78, 5) is 10.6. The molecule has 66 valence electrons. The van der Waals surface area contributed by atoms with E-state index in [4.69, 9.17) is 0 Å². The van der Waals surface area contributed by atoms with Gasteiger partial charge >= 0.3 is 6.03 Å². The van der Waals surface area contributed by atoms with E-state index in [0.29, 0.717) is 0 Å². The van der Waals surface area contributed by atoms with Crippen LogP contribution in [-0.2, 0) is 0 Å². The highest BCUT2D eigenvalue weighted by atomic mass is 16.2. The van der Waals surface area contributed by atoms with Crippen molar-refractivity contribution in [1.29, 1.82) is 0 Å². The average molecular weight is 159 g/mol. The average Bonchev–Trinajstić information content (AvgIpc) is 2.04. The first-order valence-corrected chi connectivity index (χ1v) is 3.91. The first-order chi connectivity index (χ1) is 5.31. The molecule has 2 amide bonds. The Labute approximate surface area is 67.7 Å². The van der Waals surface area contributed by atoms with Crippen LogP contribution in [-0.4, -0.2) is 33.2 Å². The summed E-state index contributed by atoms with van der Waals surface area (Å²) < 4.78 is 0. The van der Waals surface area contributed by atoms with Crippen molar-refractivity contribution in [3.63, 3.8) is 0 Å². The summed E-state index contributed by atoms with van der Waals surface area (Å²) in [7, 11) is 3.54. The van der Waals surface area contributed by atoms with E-state index in [1.54, 1.807) is 7.05 Å². The Hall–Kier alpha value is -0.770. The second-order valence-corrected chi connectivity index (χ2v) is 2.32. The summed E-state index contributed by atoms with van der Waals surface area (Å²) in [6, 6.07) is -0.102. The Morgan fingerprint density at radius 2 is 1.82 bits per heavy atom. The number of amides is 2. The lowest BCUT2D eigenvalue weighted by atomic mass is 10.3. The highest BCUT2D eigenvalue weighted by Crippen LogP contribution is 1.82. The highest BCUT2D eigenvalue weighted by molar-refractivity contribution is 5.73. The van der Waals surface area contributed by atoms with Crippen LogP contribution in [0, 0.1) is 0 Å². The van der Waals surface area contributed by atoms with Gasteiger partial charge in [0.25, 0.3) is 0 Å². The van der Waals surface area contributed by atoms with Crippen LogP contribution >= 0.6 is 0 Å². The first-order valence-electron chi connectivity index (χ1n) is 3.91. The van der Waals surface area contributed by atoms with Crippen LogP contribution in [0.5, 0.6) is 0 Å². The zero-order chi connectivity index (χ0) is 8.53. The van der Waals surface area contributed by atoms with Gasteiger partial charge in [-0.15, -0.1) is 0 Å². The van der Waals surface area contributed by atoms with E-state index in [0.717, 1.165) is 25.9 Å². The number of hydrogen-bond donors (Lipinski definition) is 3. The quantitative estimate of drug-likeness (QED) is 0.491. The molecule has 4 nitrogen and oxygen atoms in total. The second kappa shape index (κ2) is 7.34. The van der Waals surface area contributed by atoms with Gasteiger partial charge in [0.05, 0.1) is 0 Å². The number of carbonyl (C=O) groups is 1. The van der Waals surface area contributed by atoms with Gasteiger partial charge in [-0.3, -0.25) is 0 Å². The molecule has 0 saturated heterocycles. The Balaban J connectivity index is 2.95. The molecule has 0 saturated carbocycles. The number of carbonyl (C=O) groups excluding carboxylic acids is 1. The zero-order valence-electron chi connectivity index (χ0n) is 7.24. The van der Waals surface area contributed by atoms with Gasteiger partial charge in [-0.05, 0) is 26.4 Å². The zero-order valence-corrected chi connectivity index (χ0v) is 7.24. The highest BCUT2D eigenvalue weighted by Gasteiger charge is 1.92. The Morgan fingerprint density at radius 3 is 2.36 bits per heavy atom. The molecule has 0 bridgehead atoms. The molecule has 3 N–H and O–H groups in total. The molecule has 0 aliphatic heterocycles. The van der Waals surface area contributed by atoms with E-state index >= 15 is 0 Å². The monoisotopic (exact) mass is 159 g/mol. The largest absolute Gasteiger partial charge is 0.341 e. The van der Waals surface area contributed by atoms with Crippen LogP contribution in [0.15, 0.2) is 0 Å². The van der Waals surface area contributed by atoms with Crippen LogP contribution in [0.2, 0.25) is 0 Å². The van der Waals surface area contributed by atoms with Crippen LogP contribution in [0.1, 0.15) is 12.8 Å². The molecule has 0 aliphatic rings. The number of rotatable bonds is 5. The number of unbranched alkanes of at least 4 members (excludes halogenated alkanes) is 1. The van der Waals surface area contributed by atoms with Crippen molar-refractivity contribution in [1.82, 2.24) is 16.0 Å². The second-order valence-electron chi connectivity index (χ2n) is 2.32. The lowest BCUT2D eigenvalue weighted by Crippen LogP contribution is -2.33. The summed E-state index contributed by atoms with van der Waals surface area (Å²) in [6.07, 6.45) is 2.12. The third kappa shape index (κ3) is 7.12. The minimum atomic E-state index is -0.102. The van der Waals surface area contributed by atoms with Gasteiger partial charge in [0.15, 0.2) is 0 Å². The lowest BCUT2D eigenvalue weighted by Gasteiger charge is -2.02. The van der Waals surface area contributed by atoms with Gasteiger partial charge < -0.3 is 16.0 Å². The predicted molar refractivity (Wildman–Crippen MR) is 45.6 cm³/mol. The van der Waals surface area contributed by atoms with Gasteiger partial charge in [-0.2, -0.15) is 0 Å². The van der Waals surface area contributed by atoms with E-state index in [1.165, 1.54) is 0 Å². The van der Waals surface area contributed by atoms with Gasteiger partial charge in [-0.1, -0.05) is 0 Å². The van der Waals surface area contributed by atoms with Crippen molar-refractivity contribution in [2.24, 2.45) is 0 Å². The third-order valence-electron chi connectivity index (χ3n) is 1.37. The smallest absolute Gasteiger partial charge is 0.314 e. The van der Waals surface area contributed by atoms with Crippen LogP contribution in [0.3, 0.4) is 0 Å². The van der Waals surface area contributed by atoms with Crippen molar-refractivity contribution < 1.29 is 4.79 Å². The van der Waals surface area contributed by atoms with E-state index in [9.17, 15) is 4.79 Å². The van der Waals surface area contributed by atoms with E-state index < -0.39 is 0 Å². The van der Waals surface area contributed by atoms with E-state index in [-0.39, 0.29) is 6.03 Å². The summed E-state index contributed by atoms with van der Waals surface area (Å²) in [5.41, 5.74) is 0. The fraction of sp³-hybridized carbons (Fsp3) is 0.857. The van der Waals surface area contributed by atoms with Crippen molar-refractivity contribution in [2.45, 2.75) is 12.8 Å². The predicted octanol–water partition coefficient (Wildman–Crippen LogP) is -0.0850. The molecular formula is C7H17N3O. The topological polar surface area (TPSA) is 53.2 Å². The SMILES string of the molecule is CNCCCCNC(=O)NC. The van der Waals surface area contributed by atoms with Gasteiger partial charge in [0.1, 0.15) is 0 Å². The molecule has 0 unspecified atom stereocenters. The summed E-state index contributed by atoms with van der Waals surface area (Å²) >= 11 is 0. The van der Waals surface area contributed by atoms with E-state index in [1.807, 2.05) is 7.05 Å². The van der Waals surface area contributed by atoms with Crippen molar-refractivity contribution in [2.75, 3.05) is 27.2 Å². The Kier molecular flexibility index (Phi) is 6.82. The van der Waals surface area contributed by atoms with Gasteiger partial charge in [0, 0.05) is 13.6 Å². The fourth-order valence-electron chi connectivity index (χ4n) is 0.717. The standard InChI is InChI=1S/C7H17N3O/c1-8-5-3-4-6-10-7(11)9-2/h8H,3-6H2,1-2H3,(H2,9,10,11). The fourth-order valence-corrected chi connectivity index (χ4v) is 0.717. The first kappa shape index (κ1) is 10.2. The molecule has 0 atom stereocenters. The van der Waals surface area contributed by atoms with Gasteiger partial charge in [-0.25, -0.2) is 4.79 Å². The number of nitrogens with one attached hydrogen (secondary N) is 3. The molecule has 4 heteroatoms. The molecule has 0 fully saturated rings. The molecule has 0 heterocycles. The lowest BCUT2D eigenvalue weighted by molar-refractivity contribution is 0.242. The molecule has 0 radical (unpaired) electrons. The maximum atomic E-state index is 10.6. The molecular weight excluding hydrogens is 142 g/mol. The Morgan fingerprint density at radius 1 is 1.18 bits per heavy atom. The number of urea groups is 1. The molecule has 11 heavy (non-hydrogen) atoms. The maximum absolute atomic E-state index is 10.6. The summed E-state index contributed by atoms with van der Waals surface area (Å²) in [5.74, 6) is 0. The van der Waals surface area contributed by atoms with Crippen molar-refractivity contribution >= 4 is 6.03 Å². The summed E-state index contributed by atoms with van der Waals surface area (Å²) in [5, 5.41) is 8.25. The molecule has 0 spiro atoms. The van der Waals surface area contributed by atoms with Crippen LogP contribution in [0.25, 0.3) is 0 Å². The minimum absolute atomic E-state index is 0.102. The molecule has 0 aliphatic carbocycles. The van der Waals surface area contributed by atoms with E-state index in [2.05, 4.69) is 16.0 Å². The normalized spacial score (nSPS) is 9.27. The third-order valence-corrected chi connectivity index (χ3v) is 1.37. The molecule has 0 rings (SSSR count). The molecule has 0 aromatic carbocycles. The van der Waals surface area contributed by atoms with Crippen LogP contribution < -0.4 is 16.0 Å². The molecule has 0 aromatic rings. The maximum Gasteiger partial charge on any atom is 0.314 e.